The molecule has 2 aromatic rings. The van der Waals surface area contributed by atoms with Crippen LogP contribution in [0.5, 0.6) is 0 Å². The summed E-state index contributed by atoms with van der Waals surface area (Å²) in [7, 11) is 1.64. The molecule has 1 heterocycles. The van der Waals surface area contributed by atoms with E-state index in [9.17, 15) is 13.6 Å². The fraction of sp³-hybridized carbons (Fsp3) is 0.312. The van der Waals surface area contributed by atoms with E-state index in [0.717, 1.165) is 4.57 Å². The summed E-state index contributed by atoms with van der Waals surface area (Å²) in [5.41, 5.74) is 0.772. The fourth-order valence-corrected chi connectivity index (χ4v) is 2.13. The Labute approximate surface area is 138 Å². The van der Waals surface area contributed by atoms with Crippen molar-refractivity contribution in [3.05, 3.63) is 48.0 Å². The number of benzene rings is 1. The maximum Gasteiger partial charge on any atom is 0.319 e. The normalized spacial score (nSPS) is 12.2. The summed E-state index contributed by atoms with van der Waals surface area (Å²) in [6.45, 7) is -0.936. The molecule has 0 radical (unpaired) electrons. The minimum absolute atomic E-state index is 0.0891. The topological polar surface area (TPSA) is 74.0 Å². The summed E-state index contributed by atoms with van der Waals surface area (Å²) in [6.07, 6.45) is 2.49. The van der Waals surface area contributed by atoms with Crippen LogP contribution >= 0.6 is 0 Å². The number of alkyl halides is 2. The van der Waals surface area contributed by atoms with Crippen molar-refractivity contribution < 1.29 is 13.6 Å². The molecular weight excluding hydrogens is 316 g/mol. The zero-order chi connectivity index (χ0) is 17.7. The standard InChI is InChI=1S/C16H17F2N5O/c1-11(15(24)21-13-6-4-3-5-12(13)9-19)22(2)10-14-20-7-8-23(14)16(17)18/h3-8,11,16H,10H2,1-2H3,(H,21,24)/t11-/m0/s1. The van der Waals surface area contributed by atoms with Crippen LogP contribution in [0.3, 0.4) is 0 Å². The minimum atomic E-state index is -2.68. The number of hydrogen-bond donors (Lipinski definition) is 1. The van der Waals surface area contributed by atoms with E-state index in [1.807, 2.05) is 6.07 Å². The molecule has 0 aliphatic heterocycles. The number of aromatic nitrogens is 2. The molecule has 0 saturated carbocycles. The first-order chi connectivity index (χ1) is 11.4. The van der Waals surface area contributed by atoms with Gasteiger partial charge in [-0.2, -0.15) is 14.0 Å². The van der Waals surface area contributed by atoms with E-state index in [2.05, 4.69) is 10.3 Å². The second-order valence-electron chi connectivity index (χ2n) is 5.27. The van der Waals surface area contributed by atoms with Crippen LogP contribution in [-0.2, 0) is 11.3 Å². The first-order valence-electron chi connectivity index (χ1n) is 7.24. The van der Waals surface area contributed by atoms with Gasteiger partial charge in [0.15, 0.2) is 0 Å². The number of hydrogen-bond acceptors (Lipinski definition) is 4. The summed E-state index contributed by atoms with van der Waals surface area (Å²) in [5, 5.41) is 11.7. The Bertz CT molecular complexity index is 753. The van der Waals surface area contributed by atoms with Crippen LogP contribution in [0.1, 0.15) is 24.9 Å². The third kappa shape index (κ3) is 3.94. The number of nitrogens with zero attached hydrogens (tertiary/aromatic N) is 4. The molecule has 1 amide bonds. The van der Waals surface area contributed by atoms with Gasteiger partial charge in [0, 0.05) is 12.4 Å². The molecule has 0 bridgehead atoms. The smallest absolute Gasteiger partial charge is 0.319 e. The van der Waals surface area contributed by atoms with Crippen molar-refractivity contribution in [2.24, 2.45) is 0 Å². The molecule has 0 spiro atoms. The van der Waals surface area contributed by atoms with Gasteiger partial charge in [0.1, 0.15) is 11.9 Å². The van der Waals surface area contributed by atoms with Crippen LogP contribution in [0.4, 0.5) is 14.5 Å². The molecule has 8 heteroatoms. The molecule has 0 unspecified atom stereocenters. The number of rotatable bonds is 6. The van der Waals surface area contributed by atoms with Crippen LogP contribution in [-0.4, -0.2) is 33.4 Å². The first-order valence-corrected chi connectivity index (χ1v) is 7.24. The summed E-state index contributed by atoms with van der Waals surface area (Å²) < 4.78 is 26.4. The number of halogens is 2. The van der Waals surface area contributed by atoms with Gasteiger partial charge in [-0.3, -0.25) is 14.3 Å². The molecule has 0 saturated heterocycles. The number of para-hydroxylation sites is 1. The van der Waals surface area contributed by atoms with E-state index >= 15 is 0 Å². The quantitative estimate of drug-likeness (QED) is 0.882. The lowest BCUT2D eigenvalue weighted by molar-refractivity contribution is -0.120. The highest BCUT2D eigenvalue weighted by atomic mass is 19.3. The number of carbonyl (C=O) groups is 1. The van der Waals surface area contributed by atoms with Gasteiger partial charge >= 0.3 is 6.55 Å². The van der Waals surface area contributed by atoms with Crippen molar-refractivity contribution >= 4 is 11.6 Å². The molecule has 0 aliphatic rings. The minimum Gasteiger partial charge on any atom is -0.324 e. The maximum absolute atomic E-state index is 12.8. The van der Waals surface area contributed by atoms with Gasteiger partial charge in [0.05, 0.1) is 23.8 Å². The highest BCUT2D eigenvalue weighted by Crippen LogP contribution is 2.16. The second kappa shape index (κ2) is 7.66. The van der Waals surface area contributed by atoms with Crippen LogP contribution < -0.4 is 5.32 Å². The summed E-state index contributed by atoms with van der Waals surface area (Å²) >= 11 is 0. The summed E-state index contributed by atoms with van der Waals surface area (Å²) in [5.74, 6) is -0.167. The van der Waals surface area contributed by atoms with Gasteiger partial charge in [0.2, 0.25) is 5.91 Å². The van der Waals surface area contributed by atoms with Crippen molar-refractivity contribution in [1.82, 2.24) is 14.5 Å². The van der Waals surface area contributed by atoms with Gasteiger partial charge in [0.25, 0.3) is 0 Å². The van der Waals surface area contributed by atoms with Gasteiger partial charge in [-0.05, 0) is 26.1 Å². The molecule has 0 fully saturated rings. The molecule has 1 aromatic heterocycles. The number of likely N-dealkylation sites (N-methyl/N-ethyl adjacent to an activating group) is 1. The predicted octanol–water partition coefficient (Wildman–Crippen LogP) is 2.61. The lowest BCUT2D eigenvalue weighted by Crippen LogP contribution is -2.39. The third-order valence-electron chi connectivity index (χ3n) is 3.70. The Morgan fingerprint density at radius 1 is 1.46 bits per heavy atom. The number of amides is 1. The molecule has 0 aliphatic carbocycles. The lowest BCUT2D eigenvalue weighted by Gasteiger charge is -2.24. The summed E-state index contributed by atoms with van der Waals surface area (Å²) in [6, 6.07) is 8.05. The SMILES string of the molecule is C[C@@H](C(=O)Nc1ccccc1C#N)N(C)Cc1nccn1C(F)F. The van der Waals surface area contributed by atoms with Crippen molar-refractivity contribution in [2.75, 3.05) is 12.4 Å². The average molecular weight is 333 g/mol. The molecule has 1 aromatic carbocycles. The Morgan fingerprint density at radius 2 is 2.17 bits per heavy atom. The second-order valence-corrected chi connectivity index (χ2v) is 5.27. The maximum atomic E-state index is 12.8. The zero-order valence-electron chi connectivity index (χ0n) is 13.3. The summed E-state index contributed by atoms with van der Waals surface area (Å²) in [4.78, 5) is 17.8. The number of nitrogens with one attached hydrogen (secondary N) is 1. The number of carbonyl (C=O) groups excluding carboxylic acids is 1. The van der Waals surface area contributed by atoms with E-state index in [-0.39, 0.29) is 18.3 Å². The lowest BCUT2D eigenvalue weighted by atomic mass is 10.2. The van der Waals surface area contributed by atoms with Gasteiger partial charge < -0.3 is 5.32 Å². The molecule has 2 rings (SSSR count). The van der Waals surface area contributed by atoms with Crippen molar-refractivity contribution in [3.63, 3.8) is 0 Å². The largest absolute Gasteiger partial charge is 0.324 e. The third-order valence-corrected chi connectivity index (χ3v) is 3.70. The molecule has 1 N–H and O–H groups in total. The first kappa shape index (κ1) is 17.6. The molecule has 1 atom stereocenters. The van der Waals surface area contributed by atoms with Gasteiger partial charge in [-0.15, -0.1) is 0 Å². The van der Waals surface area contributed by atoms with Crippen molar-refractivity contribution in [2.45, 2.75) is 26.1 Å². The Morgan fingerprint density at radius 3 is 2.83 bits per heavy atom. The van der Waals surface area contributed by atoms with Crippen LogP contribution in [0.15, 0.2) is 36.7 Å². The molecule has 24 heavy (non-hydrogen) atoms. The molecular formula is C16H17F2N5O. The van der Waals surface area contributed by atoms with Crippen molar-refractivity contribution in [3.8, 4) is 6.07 Å². The van der Waals surface area contributed by atoms with Gasteiger partial charge in [-0.1, -0.05) is 12.1 Å². The monoisotopic (exact) mass is 333 g/mol. The van der Waals surface area contributed by atoms with Crippen molar-refractivity contribution in [1.29, 1.82) is 5.26 Å². The molecule has 126 valence electrons. The van der Waals surface area contributed by atoms with Gasteiger partial charge in [-0.25, -0.2) is 4.98 Å². The van der Waals surface area contributed by atoms with E-state index in [4.69, 9.17) is 5.26 Å². The highest BCUT2D eigenvalue weighted by molar-refractivity contribution is 5.95. The molecule has 6 nitrogen and oxygen atoms in total. The highest BCUT2D eigenvalue weighted by Gasteiger charge is 2.21. The van der Waals surface area contributed by atoms with E-state index in [0.29, 0.717) is 11.3 Å². The number of imidazole rings is 1. The number of anilines is 1. The number of nitriles is 1. The average Bonchev–Trinajstić information content (AvgIpc) is 3.02. The van der Waals surface area contributed by atoms with E-state index < -0.39 is 12.6 Å². The Balaban J connectivity index is 2.04. The Hall–Kier alpha value is -2.79. The van der Waals surface area contributed by atoms with E-state index in [1.165, 1.54) is 12.4 Å². The Kier molecular flexibility index (Phi) is 5.60. The van der Waals surface area contributed by atoms with E-state index in [1.54, 1.807) is 43.1 Å². The predicted molar refractivity (Wildman–Crippen MR) is 84.2 cm³/mol. The fourth-order valence-electron chi connectivity index (χ4n) is 2.13. The van der Waals surface area contributed by atoms with Crippen LogP contribution in [0, 0.1) is 11.3 Å². The van der Waals surface area contributed by atoms with Crippen LogP contribution in [0.25, 0.3) is 0 Å². The zero-order valence-corrected chi connectivity index (χ0v) is 13.3. The van der Waals surface area contributed by atoms with Crippen LogP contribution in [0.2, 0.25) is 0 Å².